The summed E-state index contributed by atoms with van der Waals surface area (Å²) in [6, 6.07) is 3.02. The molecule has 2 atom stereocenters. The number of piperidine rings is 1. The molecule has 0 unspecified atom stereocenters. The molecule has 2 heterocycles. The number of carbonyl (C=O) groups is 1. The maximum Gasteiger partial charge on any atom is 0.318 e. The van der Waals surface area contributed by atoms with E-state index in [1.165, 1.54) is 0 Å². The van der Waals surface area contributed by atoms with Gasteiger partial charge in [-0.15, -0.1) is 0 Å². The number of nitrogens with one attached hydrogen (secondary N) is 2. The third-order valence-electron chi connectivity index (χ3n) is 3.62. The first-order chi connectivity index (χ1) is 10.2. The van der Waals surface area contributed by atoms with Crippen molar-refractivity contribution >= 4 is 16.1 Å². The molecule has 0 radical (unpaired) electrons. The van der Waals surface area contributed by atoms with E-state index >= 15 is 0 Å². The van der Waals surface area contributed by atoms with Crippen LogP contribution in [0.3, 0.4) is 0 Å². The number of nitrogens with zero attached hydrogens (tertiary/aromatic N) is 1. The maximum atomic E-state index is 12.3. The molecule has 1 saturated heterocycles. The molecule has 0 aromatic carbocycles. The number of carbonyl (C=O) groups excluding carboxylic acids is 1. The molecule has 2 N–H and O–H groups in total. The largest absolute Gasteiger partial charge is 0.464 e. The maximum absolute atomic E-state index is 12.3. The zero-order valence-electron chi connectivity index (χ0n) is 13.1. The second kappa shape index (κ2) is 6.70. The number of likely N-dealkylation sites (tertiary alicyclic amines) is 1. The van der Waals surface area contributed by atoms with Gasteiger partial charge in [0.2, 0.25) is 10.0 Å². The molecule has 0 bridgehead atoms. The number of rotatable bonds is 4. The van der Waals surface area contributed by atoms with E-state index < -0.39 is 10.0 Å². The molecule has 7 nitrogen and oxygen atoms in total. The highest BCUT2D eigenvalue weighted by Gasteiger charge is 2.26. The summed E-state index contributed by atoms with van der Waals surface area (Å²) in [6.07, 6.45) is 2.64. The lowest BCUT2D eigenvalue weighted by Crippen LogP contribution is -2.52. The van der Waals surface area contributed by atoms with Gasteiger partial charge in [-0.05, 0) is 38.8 Å². The molecule has 2 rings (SSSR count). The summed E-state index contributed by atoms with van der Waals surface area (Å²) in [5, 5.41) is 2.88. The normalized spacial score (nSPS) is 20.7. The lowest BCUT2D eigenvalue weighted by molar-refractivity contribution is 0.173. The summed E-state index contributed by atoms with van der Waals surface area (Å²) in [4.78, 5) is 13.9. The van der Waals surface area contributed by atoms with E-state index in [0.717, 1.165) is 24.9 Å². The van der Waals surface area contributed by atoms with E-state index in [1.54, 1.807) is 4.90 Å². The van der Waals surface area contributed by atoms with Crippen LogP contribution in [0.1, 0.15) is 37.3 Å². The van der Waals surface area contributed by atoms with E-state index in [2.05, 4.69) is 10.0 Å². The fourth-order valence-corrected chi connectivity index (χ4v) is 3.39. The van der Waals surface area contributed by atoms with Gasteiger partial charge < -0.3 is 14.6 Å². The van der Waals surface area contributed by atoms with Crippen LogP contribution >= 0.6 is 0 Å². The van der Waals surface area contributed by atoms with Crippen molar-refractivity contribution in [1.29, 1.82) is 0 Å². The number of sulfonamides is 1. The minimum atomic E-state index is -3.26. The smallest absolute Gasteiger partial charge is 0.318 e. The van der Waals surface area contributed by atoms with Gasteiger partial charge >= 0.3 is 6.03 Å². The van der Waals surface area contributed by atoms with Crippen LogP contribution in [0.25, 0.3) is 0 Å². The highest BCUT2D eigenvalue weighted by Crippen LogP contribution is 2.17. The van der Waals surface area contributed by atoms with Gasteiger partial charge in [-0.1, -0.05) is 0 Å². The van der Waals surface area contributed by atoms with Gasteiger partial charge in [0.25, 0.3) is 0 Å². The predicted molar refractivity (Wildman–Crippen MR) is 83.0 cm³/mol. The standard InChI is InChI=1S/C14H23N3O4S/c1-10-6-7-13(21-10)11(2)15-14(18)17-8-4-5-12(9-17)16-22(3,19)20/h6-7,11-12,16H,4-5,8-9H2,1-3H3,(H,15,18)/t11-,12+/m1/s1. The zero-order chi connectivity index (χ0) is 16.3. The molecule has 1 aliphatic rings. The molecule has 22 heavy (non-hydrogen) atoms. The SMILES string of the molecule is Cc1ccc([C@@H](C)NC(=O)N2CCC[C@H](NS(C)(=O)=O)C2)o1. The van der Waals surface area contributed by atoms with E-state index in [4.69, 9.17) is 4.42 Å². The Morgan fingerprint density at radius 2 is 2.18 bits per heavy atom. The molecule has 1 aromatic rings. The van der Waals surface area contributed by atoms with Crippen LogP contribution in [0.2, 0.25) is 0 Å². The van der Waals surface area contributed by atoms with Gasteiger partial charge in [0.05, 0.1) is 12.3 Å². The van der Waals surface area contributed by atoms with Crippen molar-refractivity contribution in [2.45, 2.75) is 38.8 Å². The monoisotopic (exact) mass is 329 g/mol. The fourth-order valence-electron chi connectivity index (χ4n) is 2.59. The minimum absolute atomic E-state index is 0.207. The molecule has 2 amide bonds. The molecule has 1 fully saturated rings. The summed E-state index contributed by atoms with van der Waals surface area (Å²) < 4.78 is 30.7. The van der Waals surface area contributed by atoms with Crippen molar-refractivity contribution in [3.05, 3.63) is 23.7 Å². The highest BCUT2D eigenvalue weighted by molar-refractivity contribution is 7.88. The number of hydrogen-bond donors (Lipinski definition) is 2. The Bertz CT molecular complexity index is 626. The van der Waals surface area contributed by atoms with Crippen molar-refractivity contribution in [2.75, 3.05) is 19.3 Å². The number of aryl methyl sites for hydroxylation is 1. The first-order valence-electron chi connectivity index (χ1n) is 7.33. The van der Waals surface area contributed by atoms with Crippen molar-refractivity contribution in [1.82, 2.24) is 14.9 Å². The Labute approximate surface area is 131 Å². The number of hydrogen-bond acceptors (Lipinski definition) is 4. The second-order valence-electron chi connectivity index (χ2n) is 5.79. The highest BCUT2D eigenvalue weighted by atomic mass is 32.2. The van der Waals surface area contributed by atoms with E-state index in [9.17, 15) is 13.2 Å². The molecule has 0 aliphatic carbocycles. The van der Waals surface area contributed by atoms with Gasteiger partial charge in [-0.25, -0.2) is 17.9 Å². The Morgan fingerprint density at radius 1 is 1.45 bits per heavy atom. The summed E-state index contributed by atoms with van der Waals surface area (Å²) in [7, 11) is -3.26. The average Bonchev–Trinajstić information content (AvgIpc) is 2.84. The quantitative estimate of drug-likeness (QED) is 0.873. The number of urea groups is 1. The molecule has 0 saturated carbocycles. The second-order valence-corrected chi connectivity index (χ2v) is 7.57. The van der Waals surface area contributed by atoms with Crippen molar-refractivity contribution in [2.24, 2.45) is 0 Å². The first-order valence-corrected chi connectivity index (χ1v) is 9.23. The Hall–Kier alpha value is -1.54. The zero-order valence-corrected chi connectivity index (χ0v) is 13.9. The lowest BCUT2D eigenvalue weighted by Gasteiger charge is -2.33. The lowest BCUT2D eigenvalue weighted by atomic mass is 10.1. The first kappa shape index (κ1) is 16.8. The van der Waals surface area contributed by atoms with E-state index in [-0.39, 0.29) is 18.1 Å². The van der Waals surface area contributed by atoms with Gasteiger partial charge in [0, 0.05) is 19.1 Å². The van der Waals surface area contributed by atoms with Gasteiger partial charge in [0.1, 0.15) is 11.5 Å². The molecule has 1 aromatic heterocycles. The van der Waals surface area contributed by atoms with Crippen LogP contribution in [0.4, 0.5) is 4.79 Å². The van der Waals surface area contributed by atoms with Crippen molar-refractivity contribution in [3.63, 3.8) is 0 Å². The van der Waals surface area contributed by atoms with Gasteiger partial charge in [0.15, 0.2) is 0 Å². The third kappa shape index (κ3) is 4.74. The summed E-state index contributed by atoms with van der Waals surface area (Å²) in [5.41, 5.74) is 0. The summed E-state index contributed by atoms with van der Waals surface area (Å²) >= 11 is 0. The predicted octanol–water partition coefficient (Wildman–Crippen LogP) is 1.37. The Morgan fingerprint density at radius 3 is 2.77 bits per heavy atom. The van der Waals surface area contributed by atoms with Gasteiger partial charge in [-0.3, -0.25) is 0 Å². The summed E-state index contributed by atoms with van der Waals surface area (Å²) in [6.45, 7) is 4.71. The Balaban J connectivity index is 1.91. The van der Waals surface area contributed by atoms with Crippen LogP contribution in [0.5, 0.6) is 0 Å². The summed E-state index contributed by atoms with van der Waals surface area (Å²) in [5.74, 6) is 1.50. The number of furan rings is 1. The van der Waals surface area contributed by atoms with Gasteiger partial charge in [-0.2, -0.15) is 0 Å². The molecule has 0 spiro atoms. The van der Waals surface area contributed by atoms with Crippen LogP contribution in [-0.4, -0.2) is 44.7 Å². The van der Waals surface area contributed by atoms with Crippen molar-refractivity contribution in [3.8, 4) is 0 Å². The fraction of sp³-hybridized carbons (Fsp3) is 0.643. The molecular formula is C14H23N3O4S. The van der Waals surface area contributed by atoms with Crippen molar-refractivity contribution < 1.29 is 17.6 Å². The van der Waals surface area contributed by atoms with Crippen LogP contribution in [0, 0.1) is 6.92 Å². The minimum Gasteiger partial charge on any atom is -0.464 e. The average molecular weight is 329 g/mol. The van der Waals surface area contributed by atoms with Crippen LogP contribution in [0.15, 0.2) is 16.5 Å². The third-order valence-corrected chi connectivity index (χ3v) is 4.38. The Kier molecular flexibility index (Phi) is 5.12. The van der Waals surface area contributed by atoms with E-state index in [1.807, 2.05) is 26.0 Å². The number of amides is 2. The van der Waals surface area contributed by atoms with Crippen LogP contribution in [-0.2, 0) is 10.0 Å². The van der Waals surface area contributed by atoms with Crippen LogP contribution < -0.4 is 10.0 Å². The molecule has 8 heteroatoms. The molecule has 1 aliphatic heterocycles. The molecular weight excluding hydrogens is 306 g/mol. The topological polar surface area (TPSA) is 91.7 Å². The van der Waals surface area contributed by atoms with E-state index in [0.29, 0.717) is 18.8 Å². The molecule has 124 valence electrons.